The number of nitrogens with one attached hydrogen (secondary N) is 1. The van der Waals surface area contributed by atoms with Crippen LogP contribution in [0.4, 0.5) is 4.39 Å². The summed E-state index contributed by atoms with van der Waals surface area (Å²) in [5.74, 6) is 0.0156. The first-order chi connectivity index (χ1) is 9.08. The fraction of sp³-hybridized carbons (Fsp3) is 0.533. The zero-order valence-electron chi connectivity index (χ0n) is 11.6. The van der Waals surface area contributed by atoms with E-state index < -0.39 is 6.04 Å². The van der Waals surface area contributed by atoms with Gasteiger partial charge in [-0.3, -0.25) is 4.79 Å². The van der Waals surface area contributed by atoms with Gasteiger partial charge in [0.15, 0.2) is 0 Å². The van der Waals surface area contributed by atoms with Crippen molar-refractivity contribution in [2.45, 2.75) is 44.7 Å². The summed E-state index contributed by atoms with van der Waals surface area (Å²) in [5, 5.41) is 3.01. The minimum atomic E-state index is -0.524. The molecule has 0 aliphatic heterocycles. The molecule has 1 fully saturated rings. The van der Waals surface area contributed by atoms with Crippen LogP contribution in [0, 0.1) is 11.7 Å². The first kappa shape index (κ1) is 16.9. The molecule has 2 atom stereocenters. The minimum Gasteiger partial charge on any atom is -0.348 e. The second-order valence-corrected chi connectivity index (χ2v) is 5.37. The van der Waals surface area contributed by atoms with E-state index in [4.69, 9.17) is 5.73 Å². The number of carbonyl (C=O) groups excluding carboxylic acids is 1. The Morgan fingerprint density at radius 2 is 1.85 bits per heavy atom. The van der Waals surface area contributed by atoms with Crippen molar-refractivity contribution in [3.05, 3.63) is 35.6 Å². The van der Waals surface area contributed by atoms with Crippen molar-refractivity contribution in [2.24, 2.45) is 11.7 Å². The van der Waals surface area contributed by atoms with Crippen LogP contribution in [-0.4, -0.2) is 11.9 Å². The highest BCUT2D eigenvalue weighted by atomic mass is 35.5. The number of hydrogen-bond acceptors (Lipinski definition) is 2. The third kappa shape index (κ3) is 4.18. The minimum absolute atomic E-state index is 0. The Labute approximate surface area is 125 Å². The van der Waals surface area contributed by atoms with E-state index in [0.717, 1.165) is 18.4 Å². The van der Waals surface area contributed by atoms with Crippen LogP contribution in [-0.2, 0) is 4.79 Å². The Hall–Kier alpha value is -1.13. The normalized spacial score (nSPS) is 18.1. The predicted octanol–water partition coefficient (Wildman–Crippen LogP) is 2.94. The van der Waals surface area contributed by atoms with Gasteiger partial charge in [-0.1, -0.05) is 25.0 Å². The van der Waals surface area contributed by atoms with Crippen LogP contribution in [0.25, 0.3) is 0 Å². The summed E-state index contributed by atoms with van der Waals surface area (Å²) < 4.78 is 13.0. The average molecular weight is 301 g/mol. The molecule has 0 radical (unpaired) electrons. The zero-order chi connectivity index (χ0) is 13.8. The highest BCUT2D eigenvalue weighted by Crippen LogP contribution is 2.35. The van der Waals surface area contributed by atoms with Gasteiger partial charge in [-0.25, -0.2) is 4.39 Å². The number of hydrogen-bond donors (Lipinski definition) is 2. The van der Waals surface area contributed by atoms with Crippen LogP contribution in [0.15, 0.2) is 24.3 Å². The number of rotatable bonds is 4. The summed E-state index contributed by atoms with van der Waals surface area (Å²) >= 11 is 0. The quantitative estimate of drug-likeness (QED) is 0.898. The Balaban J connectivity index is 0.00000200. The highest BCUT2D eigenvalue weighted by Gasteiger charge is 2.28. The molecule has 5 heteroatoms. The fourth-order valence-electron chi connectivity index (χ4n) is 2.72. The number of amides is 1. The number of nitrogens with two attached hydrogens (primary N) is 1. The van der Waals surface area contributed by atoms with Gasteiger partial charge in [0.1, 0.15) is 5.82 Å². The summed E-state index contributed by atoms with van der Waals surface area (Å²) in [7, 11) is 0. The summed E-state index contributed by atoms with van der Waals surface area (Å²) in [5.41, 5.74) is 6.57. The lowest BCUT2D eigenvalue weighted by atomic mass is 9.91. The fourth-order valence-corrected chi connectivity index (χ4v) is 2.72. The van der Waals surface area contributed by atoms with Crippen LogP contribution in [0.2, 0.25) is 0 Å². The number of carbonyl (C=O) groups is 1. The lowest BCUT2D eigenvalue weighted by molar-refractivity contribution is -0.123. The average Bonchev–Trinajstić information content (AvgIpc) is 2.90. The number of halogens is 2. The van der Waals surface area contributed by atoms with Crippen LogP contribution in [0.5, 0.6) is 0 Å². The maximum absolute atomic E-state index is 13.0. The molecule has 0 heterocycles. The summed E-state index contributed by atoms with van der Waals surface area (Å²) in [6, 6.07) is 5.80. The lowest BCUT2D eigenvalue weighted by Gasteiger charge is -2.26. The Morgan fingerprint density at radius 1 is 1.30 bits per heavy atom. The molecular weight excluding hydrogens is 279 g/mol. The van der Waals surface area contributed by atoms with Gasteiger partial charge >= 0.3 is 0 Å². The molecule has 20 heavy (non-hydrogen) atoms. The summed E-state index contributed by atoms with van der Waals surface area (Å²) in [6.45, 7) is 1.67. The molecule has 0 spiro atoms. The van der Waals surface area contributed by atoms with E-state index in [9.17, 15) is 9.18 Å². The monoisotopic (exact) mass is 300 g/mol. The van der Waals surface area contributed by atoms with Crippen molar-refractivity contribution in [1.29, 1.82) is 0 Å². The van der Waals surface area contributed by atoms with Gasteiger partial charge < -0.3 is 11.1 Å². The zero-order valence-corrected chi connectivity index (χ0v) is 12.5. The van der Waals surface area contributed by atoms with E-state index in [2.05, 4.69) is 5.32 Å². The number of benzene rings is 1. The predicted molar refractivity (Wildman–Crippen MR) is 80.1 cm³/mol. The second-order valence-electron chi connectivity index (χ2n) is 5.37. The third-order valence-electron chi connectivity index (χ3n) is 3.81. The lowest BCUT2D eigenvalue weighted by Crippen LogP contribution is -2.42. The Morgan fingerprint density at radius 3 is 2.35 bits per heavy atom. The van der Waals surface area contributed by atoms with E-state index in [1.165, 1.54) is 25.0 Å². The van der Waals surface area contributed by atoms with Gasteiger partial charge in [0.25, 0.3) is 0 Å². The first-order valence-corrected chi connectivity index (χ1v) is 6.89. The van der Waals surface area contributed by atoms with E-state index in [-0.39, 0.29) is 30.2 Å². The molecule has 1 aliphatic carbocycles. The summed E-state index contributed by atoms with van der Waals surface area (Å²) in [6.07, 6.45) is 4.58. The van der Waals surface area contributed by atoms with Gasteiger partial charge in [0, 0.05) is 0 Å². The standard InChI is InChI=1S/C15H21FN2O.ClH/c1-10(17)15(19)18-14(11-4-2-3-5-11)12-6-8-13(16)9-7-12;/h6-11,14H,2-5,17H2,1H3,(H,18,19);1H/t10-,14?;/m1./s1. The van der Waals surface area contributed by atoms with Crippen molar-refractivity contribution < 1.29 is 9.18 Å². The molecule has 0 saturated heterocycles. The van der Waals surface area contributed by atoms with Crippen LogP contribution < -0.4 is 11.1 Å². The third-order valence-corrected chi connectivity index (χ3v) is 3.81. The Bertz CT molecular complexity index is 430. The van der Waals surface area contributed by atoms with Gasteiger partial charge in [-0.05, 0) is 43.4 Å². The molecule has 1 unspecified atom stereocenters. The molecule has 0 bridgehead atoms. The molecule has 1 aliphatic rings. The molecule has 1 aromatic carbocycles. The highest BCUT2D eigenvalue weighted by molar-refractivity contribution is 5.85. The molecule has 1 saturated carbocycles. The van der Waals surface area contributed by atoms with E-state index in [0.29, 0.717) is 5.92 Å². The van der Waals surface area contributed by atoms with Gasteiger partial charge in [0.05, 0.1) is 12.1 Å². The molecule has 3 N–H and O–H groups in total. The van der Waals surface area contributed by atoms with Gasteiger partial charge in [0.2, 0.25) is 5.91 Å². The van der Waals surface area contributed by atoms with Crippen LogP contribution in [0.3, 0.4) is 0 Å². The topological polar surface area (TPSA) is 55.1 Å². The maximum Gasteiger partial charge on any atom is 0.237 e. The van der Waals surface area contributed by atoms with Crippen molar-refractivity contribution in [2.75, 3.05) is 0 Å². The van der Waals surface area contributed by atoms with Crippen LogP contribution >= 0.6 is 12.4 Å². The molecular formula is C15H22ClFN2O. The van der Waals surface area contributed by atoms with Crippen LogP contribution in [0.1, 0.15) is 44.2 Å². The molecule has 1 aromatic rings. The second kappa shape index (κ2) is 7.60. The summed E-state index contributed by atoms with van der Waals surface area (Å²) in [4.78, 5) is 11.8. The first-order valence-electron chi connectivity index (χ1n) is 6.89. The van der Waals surface area contributed by atoms with E-state index in [1.807, 2.05) is 0 Å². The largest absolute Gasteiger partial charge is 0.348 e. The Kier molecular flexibility index (Phi) is 6.43. The molecule has 112 valence electrons. The van der Waals surface area contributed by atoms with Crippen molar-refractivity contribution in [1.82, 2.24) is 5.32 Å². The van der Waals surface area contributed by atoms with Gasteiger partial charge in [-0.2, -0.15) is 0 Å². The molecule has 0 aromatic heterocycles. The van der Waals surface area contributed by atoms with Crippen molar-refractivity contribution in [3.8, 4) is 0 Å². The van der Waals surface area contributed by atoms with Gasteiger partial charge in [-0.15, -0.1) is 12.4 Å². The molecule has 3 nitrogen and oxygen atoms in total. The maximum atomic E-state index is 13.0. The van der Waals surface area contributed by atoms with Crippen molar-refractivity contribution in [3.63, 3.8) is 0 Å². The van der Waals surface area contributed by atoms with Crippen molar-refractivity contribution >= 4 is 18.3 Å². The van der Waals surface area contributed by atoms with E-state index in [1.54, 1.807) is 19.1 Å². The smallest absolute Gasteiger partial charge is 0.237 e. The molecule has 1 amide bonds. The molecule has 2 rings (SSSR count). The van der Waals surface area contributed by atoms with E-state index >= 15 is 0 Å². The SMILES string of the molecule is C[C@@H](N)C(=O)NC(c1ccc(F)cc1)C1CCCC1.Cl.